The van der Waals surface area contributed by atoms with Gasteiger partial charge in [-0.05, 0) is 43.4 Å². The lowest BCUT2D eigenvalue weighted by molar-refractivity contribution is 0.246. The van der Waals surface area contributed by atoms with E-state index >= 15 is 0 Å². The van der Waals surface area contributed by atoms with Crippen LogP contribution in [-0.4, -0.2) is 25.2 Å². The molecule has 1 aromatic carbocycles. The van der Waals surface area contributed by atoms with Gasteiger partial charge in [0.15, 0.2) is 0 Å². The van der Waals surface area contributed by atoms with E-state index in [1.807, 2.05) is 0 Å². The number of nitrogens with zero attached hydrogens (tertiary/aromatic N) is 1. The molecule has 1 N–H and O–H groups in total. The first-order valence-corrected chi connectivity index (χ1v) is 8.79. The maximum absolute atomic E-state index is 3.90. The van der Waals surface area contributed by atoms with E-state index in [-0.39, 0.29) is 0 Å². The molecule has 2 nitrogen and oxygen atoms in total. The lowest BCUT2D eigenvalue weighted by Gasteiger charge is -2.41. The highest BCUT2D eigenvalue weighted by atomic mass is 15.2. The fourth-order valence-electron chi connectivity index (χ4n) is 4.16. The van der Waals surface area contributed by atoms with Crippen LogP contribution in [0.4, 0.5) is 5.69 Å². The Labute approximate surface area is 129 Å². The molecular formula is C19H30N2. The minimum absolute atomic E-state index is 0.374. The number of hydrogen-bond acceptors (Lipinski definition) is 2. The summed E-state index contributed by atoms with van der Waals surface area (Å²) in [4.78, 5) is 2.67. The van der Waals surface area contributed by atoms with E-state index in [2.05, 4.69) is 48.3 Å². The van der Waals surface area contributed by atoms with Crippen molar-refractivity contribution >= 4 is 5.69 Å². The van der Waals surface area contributed by atoms with Gasteiger partial charge in [0, 0.05) is 24.3 Å². The molecule has 0 unspecified atom stereocenters. The number of benzene rings is 1. The van der Waals surface area contributed by atoms with Gasteiger partial charge in [0.05, 0.1) is 0 Å². The van der Waals surface area contributed by atoms with Gasteiger partial charge in [0.25, 0.3) is 0 Å². The van der Waals surface area contributed by atoms with E-state index in [1.165, 1.54) is 69.4 Å². The lowest BCUT2D eigenvalue weighted by atomic mass is 9.81. The Kier molecular flexibility index (Phi) is 4.54. The SMILES string of the molecule is CC(C)c1ccccc1N1CCCNC2(CCCCC2)C1. The topological polar surface area (TPSA) is 15.3 Å². The van der Waals surface area contributed by atoms with Crippen LogP contribution in [0.2, 0.25) is 0 Å². The van der Waals surface area contributed by atoms with E-state index < -0.39 is 0 Å². The molecule has 1 aromatic rings. The number of para-hydroxylation sites is 1. The van der Waals surface area contributed by atoms with E-state index in [0.717, 1.165) is 0 Å². The molecule has 1 saturated carbocycles. The van der Waals surface area contributed by atoms with Crippen LogP contribution in [0.25, 0.3) is 0 Å². The largest absolute Gasteiger partial charge is 0.369 e. The zero-order valence-electron chi connectivity index (χ0n) is 13.7. The Morgan fingerprint density at radius 2 is 1.81 bits per heavy atom. The van der Waals surface area contributed by atoms with Gasteiger partial charge in [-0.1, -0.05) is 51.3 Å². The van der Waals surface area contributed by atoms with E-state index in [1.54, 1.807) is 0 Å². The number of rotatable bonds is 2. The molecule has 0 radical (unpaired) electrons. The molecule has 116 valence electrons. The summed E-state index contributed by atoms with van der Waals surface area (Å²) in [5.41, 5.74) is 3.35. The van der Waals surface area contributed by atoms with E-state index in [4.69, 9.17) is 0 Å². The molecule has 0 bridgehead atoms. The molecule has 0 aromatic heterocycles. The lowest BCUT2D eigenvalue weighted by Crippen LogP contribution is -2.52. The van der Waals surface area contributed by atoms with Crippen LogP contribution in [0.5, 0.6) is 0 Å². The second-order valence-corrected chi connectivity index (χ2v) is 7.26. The van der Waals surface area contributed by atoms with Crippen LogP contribution >= 0.6 is 0 Å². The fourth-order valence-corrected chi connectivity index (χ4v) is 4.16. The second-order valence-electron chi connectivity index (χ2n) is 7.26. The molecule has 1 aliphatic heterocycles. The molecule has 0 amide bonds. The molecule has 1 heterocycles. The summed E-state index contributed by atoms with van der Waals surface area (Å²) >= 11 is 0. The molecule has 3 rings (SSSR count). The van der Waals surface area contributed by atoms with Gasteiger partial charge >= 0.3 is 0 Å². The Bertz CT molecular complexity index is 460. The molecule has 1 saturated heterocycles. The molecule has 1 aliphatic carbocycles. The van der Waals surface area contributed by atoms with Crippen molar-refractivity contribution in [1.82, 2.24) is 5.32 Å². The van der Waals surface area contributed by atoms with E-state index in [0.29, 0.717) is 11.5 Å². The Hall–Kier alpha value is -1.02. The van der Waals surface area contributed by atoms with Crippen LogP contribution in [0.3, 0.4) is 0 Å². The van der Waals surface area contributed by atoms with Crippen molar-refractivity contribution in [2.45, 2.75) is 63.8 Å². The summed E-state index contributed by atoms with van der Waals surface area (Å²) in [5.74, 6) is 0.597. The van der Waals surface area contributed by atoms with Crippen molar-refractivity contribution in [3.63, 3.8) is 0 Å². The highest BCUT2D eigenvalue weighted by Gasteiger charge is 2.35. The molecular weight excluding hydrogens is 256 g/mol. The first-order chi connectivity index (χ1) is 10.2. The first-order valence-electron chi connectivity index (χ1n) is 8.79. The standard InChI is InChI=1S/C19H30N2/c1-16(2)17-9-4-5-10-18(17)21-14-8-13-20-19(15-21)11-6-3-7-12-19/h4-5,9-10,16,20H,3,6-8,11-15H2,1-2H3. The quantitative estimate of drug-likeness (QED) is 0.871. The van der Waals surface area contributed by atoms with E-state index in [9.17, 15) is 0 Å². The summed E-state index contributed by atoms with van der Waals surface area (Å²) in [6.07, 6.45) is 8.18. The molecule has 2 heteroatoms. The normalized spacial score (nSPS) is 22.5. The highest BCUT2D eigenvalue weighted by Crippen LogP contribution is 2.34. The third-order valence-corrected chi connectivity index (χ3v) is 5.31. The second kappa shape index (κ2) is 6.39. The summed E-state index contributed by atoms with van der Waals surface area (Å²) in [7, 11) is 0. The van der Waals surface area contributed by atoms with Crippen LogP contribution < -0.4 is 10.2 Å². The third-order valence-electron chi connectivity index (χ3n) is 5.31. The average molecular weight is 286 g/mol. The fraction of sp³-hybridized carbons (Fsp3) is 0.684. The van der Waals surface area contributed by atoms with Crippen LogP contribution in [0.1, 0.15) is 63.9 Å². The maximum Gasteiger partial charge on any atom is 0.0402 e. The minimum Gasteiger partial charge on any atom is -0.369 e. The minimum atomic E-state index is 0.374. The molecule has 0 atom stereocenters. The third kappa shape index (κ3) is 3.26. The Balaban J connectivity index is 1.87. The average Bonchev–Trinajstić information content (AvgIpc) is 2.71. The predicted octanol–water partition coefficient (Wildman–Crippen LogP) is 4.31. The van der Waals surface area contributed by atoms with Gasteiger partial charge in [-0.2, -0.15) is 0 Å². The van der Waals surface area contributed by atoms with Crippen LogP contribution in [0.15, 0.2) is 24.3 Å². The molecule has 2 aliphatic rings. The van der Waals surface area contributed by atoms with Gasteiger partial charge in [0.2, 0.25) is 0 Å². The smallest absolute Gasteiger partial charge is 0.0402 e. The van der Waals surface area contributed by atoms with Crippen molar-refractivity contribution in [2.75, 3.05) is 24.5 Å². The molecule has 21 heavy (non-hydrogen) atoms. The maximum atomic E-state index is 3.90. The van der Waals surface area contributed by atoms with Gasteiger partial charge in [0.1, 0.15) is 0 Å². The van der Waals surface area contributed by atoms with Gasteiger partial charge < -0.3 is 10.2 Å². The summed E-state index contributed by atoms with van der Waals surface area (Å²) in [6, 6.07) is 9.03. The highest BCUT2D eigenvalue weighted by molar-refractivity contribution is 5.55. The monoisotopic (exact) mass is 286 g/mol. The zero-order chi connectivity index (χ0) is 14.7. The number of nitrogens with one attached hydrogen (secondary N) is 1. The van der Waals surface area contributed by atoms with Crippen molar-refractivity contribution in [1.29, 1.82) is 0 Å². The molecule has 2 fully saturated rings. The van der Waals surface area contributed by atoms with Gasteiger partial charge in [-0.3, -0.25) is 0 Å². The predicted molar refractivity (Wildman–Crippen MR) is 91.2 cm³/mol. The summed E-state index contributed by atoms with van der Waals surface area (Å²) < 4.78 is 0. The van der Waals surface area contributed by atoms with Crippen molar-refractivity contribution in [3.05, 3.63) is 29.8 Å². The number of anilines is 1. The van der Waals surface area contributed by atoms with Gasteiger partial charge in [-0.25, -0.2) is 0 Å². The van der Waals surface area contributed by atoms with Crippen LogP contribution in [0, 0.1) is 0 Å². The summed E-state index contributed by atoms with van der Waals surface area (Å²) in [5, 5.41) is 3.90. The Morgan fingerprint density at radius 1 is 1.05 bits per heavy atom. The molecule has 1 spiro atoms. The van der Waals surface area contributed by atoms with Crippen molar-refractivity contribution in [2.24, 2.45) is 0 Å². The Morgan fingerprint density at radius 3 is 2.57 bits per heavy atom. The summed E-state index contributed by atoms with van der Waals surface area (Å²) in [6.45, 7) is 8.19. The first kappa shape index (κ1) is 14.9. The number of hydrogen-bond donors (Lipinski definition) is 1. The van der Waals surface area contributed by atoms with Gasteiger partial charge in [-0.15, -0.1) is 0 Å². The zero-order valence-corrected chi connectivity index (χ0v) is 13.7. The van der Waals surface area contributed by atoms with Crippen molar-refractivity contribution < 1.29 is 0 Å². The van der Waals surface area contributed by atoms with Crippen LogP contribution in [-0.2, 0) is 0 Å². The van der Waals surface area contributed by atoms with Crippen molar-refractivity contribution in [3.8, 4) is 0 Å².